The van der Waals surface area contributed by atoms with Gasteiger partial charge in [-0.3, -0.25) is 14.8 Å². The molecule has 1 aliphatic carbocycles. The van der Waals surface area contributed by atoms with Gasteiger partial charge in [0.15, 0.2) is 9.84 Å². The Morgan fingerprint density at radius 1 is 1.13 bits per heavy atom. The number of hydroxylamine groups is 1. The fraction of sp³-hybridized carbons (Fsp3) is 0.364. The number of carbonyl (C=O) groups is 2. The number of likely N-dealkylation sites (tertiary alicyclic amines) is 1. The highest BCUT2D eigenvalue weighted by atomic mass is 32.2. The van der Waals surface area contributed by atoms with Crippen molar-refractivity contribution in [1.82, 2.24) is 10.4 Å². The zero-order chi connectivity index (χ0) is 21.5. The number of sulfone groups is 1. The predicted molar refractivity (Wildman–Crippen MR) is 110 cm³/mol. The van der Waals surface area contributed by atoms with Crippen molar-refractivity contribution in [3.63, 3.8) is 0 Å². The molecule has 1 fully saturated rings. The number of hydrogen-bond donors (Lipinski definition) is 2. The Balaban J connectivity index is 1.49. The van der Waals surface area contributed by atoms with E-state index in [-0.39, 0.29) is 10.8 Å². The van der Waals surface area contributed by atoms with Gasteiger partial charge in [0.05, 0.1) is 10.3 Å². The maximum atomic E-state index is 13.3. The minimum absolute atomic E-state index is 0.137. The van der Waals surface area contributed by atoms with Crippen LogP contribution in [0.1, 0.15) is 39.9 Å². The summed E-state index contributed by atoms with van der Waals surface area (Å²) >= 11 is 0. The summed E-state index contributed by atoms with van der Waals surface area (Å²) in [6.07, 6.45) is 4.05. The average molecular weight is 429 g/mol. The molecule has 0 radical (unpaired) electrons. The van der Waals surface area contributed by atoms with Crippen molar-refractivity contribution >= 4 is 21.7 Å². The Kier molecular flexibility index (Phi) is 5.15. The molecule has 4 rings (SSSR count). The molecule has 7 nitrogen and oxygen atoms in total. The van der Waals surface area contributed by atoms with Crippen LogP contribution in [0, 0.1) is 5.41 Å². The summed E-state index contributed by atoms with van der Waals surface area (Å²) in [5, 5.41) is 8.82. The van der Waals surface area contributed by atoms with Gasteiger partial charge < -0.3 is 4.90 Å². The molecular weight excluding hydrogens is 404 g/mol. The molecule has 0 saturated carbocycles. The molecule has 1 aliphatic heterocycles. The lowest BCUT2D eigenvalue weighted by Crippen LogP contribution is -2.38. The number of carbonyl (C=O) groups excluding carboxylic acids is 2. The number of aryl methyl sites for hydroxylation is 1. The molecule has 2 amide bonds. The first-order valence-electron chi connectivity index (χ1n) is 9.86. The van der Waals surface area contributed by atoms with E-state index < -0.39 is 21.2 Å². The molecule has 2 N–H and O–H groups in total. The van der Waals surface area contributed by atoms with E-state index in [9.17, 15) is 18.0 Å². The normalized spacial score (nSPS) is 21.0. The standard InChI is InChI=1S/C22H24N2O5S/c1-30(28,29)19-6-2-15(3-7-19)14-24-11-10-22(21(24)26)9-8-16-12-17(20(25)23-27)4-5-18(16)13-22/h2-7,12,27H,8-11,13-14H2,1H3,(H,23,25). The van der Waals surface area contributed by atoms with E-state index in [1.807, 2.05) is 11.0 Å². The van der Waals surface area contributed by atoms with E-state index >= 15 is 0 Å². The maximum Gasteiger partial charge on any atom is 0.274 e. The molecule has 8 heteroatoms. The Morgan fingerprint density at radius 3 is 2.53 bits per heavy atom. The Hall–Kier alpha value is -2.71. The fourth-order valence-corrected chi connectivity index (χ4v) is 5.20. The van der Waals surface area contributed by atoms with Crippen LogP contribution in [0.2, 0.25) is 0 Å². The second-order valence-corrected chi connectivity index (χ2v) is 10.3. The van der Waals surface area contributed by atoms with Gasteiger partial charge in [-0.05, 0) is 66.6 Å². The number of benzene rings is 2. The van der Waals surface area contributed by atoms with E-state index in [4.69, 9.17) is 5.21 Å². The van der Waals surface area contributed by atoms with Crippen molar-refractivity contribution < 1.29 is 23.2 Å². The number of nitrogens with one attached hydrogen (secondary N) is 1. The highest BCUT2D eigenvalue weighted by Gasteiger charge is 2.47. The molecule has 0 aromatic heterocycles. The van der Waals surface area contributed by atoms with Gasteiger partial charge in [0, 0.05) is 24.9 Å². The number of hydrogen-bond acceptors (Lipinski definition) is 5. The minimum Gasteiger partial charge on any atom is -0.338 e. The summed E-state index contributed by atoms with van der Waals surface area (Å²) in [7, 11) is -3.24. The molecule has 1 unspecified atom stereocenters. The summed E-state index contributed by atoms with van der Waals surface area (Å²) in [4.78, 5) is 27.0. The third kappa shape index (κ3) is 3.73. The quantitative estimate of drug-likeness (QED) is 0.573. The number of rotatable bonds is 4. The number of fused-ring (bicyclic) bond motifs is 1. The van der Waals surface area contributed by atoms with Crippen LogP contribution >= 0.6 is 0 Å². The summed E-state index contributed by atoms with van der Waals surface area (Å²) in [5.74, 6) is -0.402. The van der Waals surface area contributed by atoms with Crippen molar-refractivity contribution in [2.75, 3.05) is 12.8 Å². The molecule has 1 atom stereocenters. The molecule has 1 spiro atoms. The predicted octanol–water partition coefficient (Wildman–Crippen LogP) is 2.12. The minimum atomic E-state index is -3.24. The van der Waals surface area contributed by atoms with Gasteiger partial charge in [0.25, 0.3) is 5.91 Å². The van der Waals surface area contributed by atoms with Gasteiger partial charge in [-0.1, -0.05) is 18.2 Å². The lowest BCUT2D eigenvalue weighted by atomic mass is 9.70. The second kappa shape index (κ2) is 7.52. The Morgan fingerprint density at radius 2 is 1.87 bits per heavy atom. The highest BCUT2D eigenvalue weighted by Crippen LogP contribution is 2.44. The SMILES string of the molecule is CS(=O)(=O)c1ccc(CN2CCC3(CCc4cc(C(=O)NO)ccc4C3)C2=O)cc1. The number of amides is 2. The van der Waals surface area contributed by atoms with Gasteiger partial charge in [-0.2, -0.15) is 0 Å². The molecule has 158 valence electrons. The van der Waals surface area contributed by atoms with Crippen molar-refractivity contribution in [2.45, 2.75) is 37.1 Å². The summed E-state index contributed by atoms with van der Waals surface area (Å²) in [6.45, 7) is 1.14. The summed E-state index contributed by atoms with van der Waals surface area (Å²) < 4.78 is 23.2. The Labute approximate surface area is 175 Å². The largest absolute Gasteiger partial charge is 0.338 e. The summed E-state index contributed by atoms with van der Waals surface area (Å²) in [5.41, 5.74) is 4.67. The molecule has 0 bridgehead atoms. The van der Waals surface area contributed by atoms with Crippen LogP contribution in [0.5, 0.6) is 0 Å². The van der Waals surface area contributed by atoms with Crippen molar-refractivity contribution in [3.8, 4) is 0 Å². The van der Waals surface area contributed by atoms with Crippen molar-refractivity contribution in [3.05, 3.63) is 64.7 Å². The third-order valence-electron chi connectivity index (χ3n) is 6.30. The van der Waals surface area contributed by atoms with E-state index in [0.717, 1.165) is 29.5 Å². The molecule has 30 heavy (non-hydrogen) atoms. The lowest BCUT2D eigenvalue weighted by Gasteiger charge is -2.33. The topological polar surface area (TPSA) is 104 Å². The lowest BCUT2D eigenvalue weighted by molar-refractivity contribution is -0.137. The van der Waals surface area contributed by atoms with Crippen LogP contribution in [0.15, 0.2) is 47.4 Å². The highest BCUT2D eigenvalue weighted by molar-refractivity contribution is 7.90. The zero-order valence-corrected chi connectivity index (χ0v) is 17.5. The molecule has 2 aromatic carbocycles. The van der Waals surface area contributed by atoms with Crippen LogP contribution in [-0.2, 0) is 34.0 Å². The van der Waals surface area contributed by atoms with E-state index in [2.05, 4.69) is 0 Å². The Bertz CT molecular complexity index is 1110. The van der Waals surface area contributed by atoms with Crippen LogP contribution in [0.4, 0.5) is 0 Å². The van der Waals surface area contributed by atoms with E-state index in [1.54, 1.807) is 41.9 Å². The van der Waals surface area contributed by atoms with Crippen molar-refractivity contribution in [2.24, 2.45) is 5.41 Å². The molecule has 1 saturated heterocycles. The second-order valence-electron chi connectivity index (χ2n) is 8.27. The average Bonchev–Trinajstić information content (AvgIpc) is 3.02. The summed E-state index contributed by atoms with van der Waals surface area (Å²) in [6, 6.07) is 12.0. The number of nitrogens with zero attached hydrogens (tertiary/aromatic N) is 1. The van der Waals surface area contributed by atoms with Crippen LogP contribution < -0.4 is 5.48 Å². The molecular formula is C22H24N2O5S. The van der Waals surface area contributed by atoms with E-state index in [0.29, 0.717) is 31.5 Å². The first-order chi connectivity index (χ1) is 14.2. The first kappa shape index (κ1) is 20.6. The van der Waals surface area contributed by atoms with Gasteiger partial charge in [-0.15, -0.1) is 0 Å². The molecule has 1 heterocycles. The van der Waals surface area contributed by atoms with Crippen LogP contribution in [0.25, 0.3) is 0 Å². The smallest absolute Gasteiger partial charge is 0.274 e. The van der Waals surface area contributed by atoms with Crippen molar-refractivity contribution in [1.29, 1.82) is 0 Å². The maximum absolute atomic E-state index is 13.3. The zero-order valence-electron chi connectivity index (χ0n) is 16.7. The van der Waals surface area contributed by atoms with Crippen LogP contribution in [0.3, 0.4) is 0 Å². The fourth-order valence-electron chi connectivity index (χ4n) is 4.57. The van der Waals surface area contributed by atoms with Gasteiger partial charge in [-0.25, -0.2) is 13.9 Å². The first-order valence-corrected chi connectivity index (χ1v) is 11.8. The van der Waals surface area contributed by atoms with Crippen LogP contribution in [-0.4, -0.2) is 43.1 Å². The molecule has 2 aromatic rings. The van der Waals surface area contributed by atoms with Gasteiger partial charge in [0.2, 0.25) is 5.91 Å². The van der Waals surface area contributed by atoms with E-state index in [1.165, 1.54) is 6.26 Å². The van der Waals surface area contributed by atoms with Gasteiger partial charge >= 0.3 is 0 Å². The van der Waals surface area contributed by atoms with Gasteiger partial charge in [0.1, 0.15) is 0 Å². The third-order valence-corrected chi connectivity index (χ3v) is 7.43. The molecule has 2 aliphatic rings. The monoisotopic (exact) mass is 428 g/mol.